The fourth-order valence-electron chi connectivity index (χ4n) is 4.01. The van der Waals surface area contributed by atoms with Crippen LogP contribution >= 0.6 is 0 Å². The monoisotopic (exact) mass is 344 g/mol. The van der Waals surface area contributed by atoms with E-state index in [0.29, 0.717) is 23.2 Å². The Morgan fingerprint density at radius 2 is 1.30 bits per heavy atom. The first-order chi connectivity index (χ1) is 10.5. The molecule has 4 heteroatoms. The van der Waals surface area contributed by atoms with Crippen molar-refractivity contribution in [1.29, 1.82) is 0 Å². The van der Waals surface area contributed by atoms with E-state index in [2.05, 4.69) is 41.5 Å². The molecular formula is C19H40O3Si. The summed E-state index contributed by atoms with van der Waals surface area (Å²) >= 11 is 0. The minimum absolute atomic E-state index is 0.0342. The van der Waals surface area contributed by atoms with Crippen LogP contribution in [0.1, 0.15) is 62.3 Å². The van der Waals surface area contributed by atoms with Gasteiger partial charge in [0.15, 0.2) is 8.32 Å². The SMILES string of the molecule is C/C=C\[C@H](C)[C@H](O)[C@H](C)[C@H](O)CO[Si](C(C)C)(C(C)C)C(C)C. The first kappa shape index (κ1) is 22.8. The molecule has 0 rings (SSSR count). The predicted molar refractivity (Wildman–Crippen MR) is 102 cm³/mol. The number of aliphatic hydroxyl groups is 2. The highest BCUT2D eigenvalue weighted by Gasteiger charge is 2.45. The highest BCUT2D eigenvalue weighted by Crippen LogP contribution is 2.42. The Balaban J connectivity index is 4.97. The average molecular weight is 345 g/mol. The van der Waals surface area contributed by atoms with E-state index in [0.717, 1.165) is 0 Å². The van der Waals surface area contributed by atoms with E-state index >= 15 is 0 Å². The van der Waals surface area contributed by atoms with Crippen molar-refractivity contribution in [3.63, 3.8) is 0 Å². The molecule has 3 nitrogen and oxygen atoms in total. The van der Waals surface area contributed by atoms with Gasteiger partial charge in [0.2, 0.25) is 0 Å². The molecule has 0 heterocycles. The molecule has 0 aromatic rings. The summed E-state index contributed by atoms with van der Waals surface area (Å²) in [7, 11) is -1.97. The number of aliphatic hydroxyl groups excluding tert-OH is 2. The largest absolute Gasteiger partial charge is 0.413 e. The van der Waals surface area contributed by atoms with Gasteiger partial charge in [-0.15, -0.1) is 0 Å². The van der Waals surface area contributed by atoms with Gasteiger partial charge in [0, 0.05) is 11.8 Å². The Hall–Kier alpha value is -0.163. The van der Waals surface area contributed by atoms with Gasteiger partial charge in [-0.3, -0.25) is 0 Å². The molecule has 0 radical (unpaired) electrons. The highest BCUT2D eigenvalue weighted by atomic mass is 28.4. The molecule has 0 saturated carbocycles. The zero-order valence-electron chi connectivity index (χ0n) is 16.7. The first-order valence-electron chi connectivity index (χ1n) is 9.15. The number of hydrogen-bond acceptors (Lipinski definition) is 3. The van der Waals surface area contributed by atoms with Gasteiger partial charge in [-0.2, -0.15) is 0 Å². The van der Waals surface area contributed by atoms with Crippen LogP contribution in [0.4, 0.5) is 0 Å². The lowest BCUT2D eigenvalue weighted by atomic mass is 9.89. The molecule has 0 aromatic carbocycles. The minimum Gasteiger partial charge on any atom is -0.413 e. The summed E-state index contributed by atoms with van der Waals surface area (Å²) in [5, 5.41) is 20.9. The number of hydrogen-bond donors (Lipinski definition) is 2. The Kier molecular flexibility index (Phi) is 9.90. The van der Waals surface area contributed by atoms with Gasteiger partial charge in [-0.25, -0.2) is 0 Å². The fraction of sp³-hybridized carbons (Fsp3) is 0.895. The highest BCUT2D eigenvalue weighted by molar-refractivity contribution is 6.77. The Labute approximate surface area is 145 Å². The van der Waals surface area contributed by atoms with Crippen LogP contribution in [0.3, 0.4) is 0 Å². The molecule has 0 aliphatic rings. The van der Waals surface area contributed by atoms with Gasteiger partial charge in [-0.1, -0.05) is 67.5 Å². The van der Waals surface area contributed by atoms with Crippen LogP contribution in [0.15, 0.2) is 12.2 Å². The fourth-order valence-corrected chi connectivity index (χ4v) is 9.46. The van der Waals surface area contributed by atoms with Crippen LogP contribution < -0.4 is 0 Å². The maximum absolute atomic E-state index is 10.5. The van der Waals surface area contributed by atoms with Gasteiger partial charge in [0.25, 0.3) is 0 Å². The minimum atomic E-state index is -1.97. The van der Waals surface area contributed by atoms with Crippen molar-refractivity contribution in [3.05, 3.63) is 12.2 Å². The lowest BCUT2D eigenvalue weighted by Crippen LogP contribution is -2.50. The van der Waals surface area contributed by atoms with Gasteiger partial charge >= 0.3 is 0 Å². The molecule has 0 saturated heterocycles. The van der Waals surface area contributed by atoms with E-state index in [1.165, 1.54) is 0 Å². The summed E-state index contributed by atoms with van der Waals surface area (Å²) in [5.41, 5.74) is 1.49. The Morgan fingerprint density at radius 3 is 1.65 bits per heavy atom. The molecule has 138 valence electrons. The normalized spacial score (nSPS) is 18.9. The standard InChI is InChI=1S/C19H40O3Si/c1-10-11-16(8)19(21)17(9)18(20)12-22-23(13(2)3,14(4)5)15(6)7/h10-11,13-21H,12H2,1-9H3/b11-10-/t16-,17+,18+,19-/m0/s1. The van der Waals surface area contributed by atoms with Crippen LogP contribution in [-0.2, 0) is 4.43 Å². The summed E-state index contributed by atoms with van der Waals surface area (Å²) in [5.74, 6) is -0.175. The number of allylic oxidation sites excluding steroid dienone is 1. The van der Waals surface area contributed by atoms with Crippen LogP contribution in [0.25, 0.3) is 0 Å². The van der Waals surface area contributed by atoms with Gasteiger partial charge < -0.3 is 14.6 Å². The number of rotatable bonds is 10. The van der Waals surface area contributed by atoms with E-state index in [1.54, 1.807) is 0 Å². The third kappa shape index (κ3) is 5.70. The molecule has 0 fully saturated rings. The smallest absolute Gasteiger partial charge is 0.200 e. The maximum atomic E-state index is 10.5. The van der Waals surface area contributed by atoms with Crippen molar-refractivity contribution in [2.45, 2.75) is 91.1 Å². The van der Waals surface area contributed by atoms with Gasteiger partial charge in [-0.05, 0) is 23.5 Å². The summed E-state index contributed by atoms with van der Waals surface area (Å²) in [4.78, 5) is 0. The molecule has 0 aromatic heterocycles. The quantitative estimate of drug-likeness (QED) is 0.444. The molecule has 0 spiro atoms. The van der Waals surface area contributed by atoms with Gasteiger partial charge in [0.05, 0.1) is 18.8 Å². The first-order valence-corrected chi connectivity index (χ1v) is 11.3. The molecule has 0 aliphatic carbocycles. The van der Waals surface area contributed by atoms with Crippen molar-refractivity contribution >= 4 is 8.32 Å². The second-order valence-electron chi connectivity index (χ2n) is 7.93. The van der Waals surface area contributed by atoms with E-state index in [1.807, 2.05) is 32.9 Å². The lowest BCUT2D eigenvalue weighted by Gasteiger charge is -2.43. The third-order valence-electron chi connectivity index (χ3n) is 5.39. The van der Waals surface area contributed by atoms with E-state index in [4.69, 9.17) is 4.43 Å². The van der Waals surface area contributed by atoms with Crippen LogP contribution in [0, 0.1) is 11.8 Å². The lowest BCUT2D eigenvalue weighted by molar-refractivity contribution is -0.0189. The topological polar surface area (TPSA) is 49.7 Å². The third-order valence-corrected chi connectivity index (χ3v) is 11.5. The van der Waals surface area contributed by atoms with E-state index < -0.39 is 20.5 Å². The Bertz CT molecular complexity index is 331. The molecule has 2 N–H and O–H groups in total. The average Bonchev–Trinajstić information content (AvgIpc) is 2.45. The second-order valence-corrected chi connectivity index (χ2v) is 13.4. The van der Waals surface area contributed by atoms with E-state index in [9.17, 15) is 10.2 Å². The molecule has 0 unspecified atom stereocenters. The van der Waals surface area contributed by atoms with Crippen molar-refractivity contribution in [1.82, 2.24) is 0 Å². The van der Waals surface area contributed by atoms with Crippen molar-refractivity contribution < 1.29 is 14.6 Å². The second kappa shape index (κ2) is 9.97. The van der Waals surface area contributed by atoms with Crippen molar-refractivity contribution in [2.24, 2.45) is 11.8 Å². The molecule has 0 amide bonds. The van der Waals surface area contributed by atoms with Crippen LogP contribution in [-0.4, -0.2) is 37.3 Å². The van der Waals surface area contributed by atoms with E-state index in [-0.39, 0.29) is 11.8 Å². The van der Waals surface area contributed by atoms with Crippen molar-refractivity contribution in [2.75, 3.05) is 6.61 Å². The summed E-state index contributed by atoms with van der Waals surface area (Å²) in [6.07, 6.45) is 2.72. The molecule has 0 bridgehead atoms. The molecule has 0 aliphatic heterocycles. The van der Waals surface area contributed by atoms with Crippen molar-refractivity contribution in [3.8, 4) is 0 Å². The zero-order chi connectivity index (χ0) is 18.4. The summed E-state index contributed by atoms with van der Waals surface area (Å²) in [6, 6.07) is 0. The maximum Gasteiger partial charge on any atom is 0.200 e. The van der Waals surface area contributed by atoms with Gasteiger partial charge in [0.1, 0.15) is 0 Å². The predicted octanol–water partition coefficient (Wildman–Crippen LogP) is 4.75. The molecule has 4 atom stereocenters. The molecular weight excluding hydrogens is 304 g/mol. The summed E-state index contributed by atoms with van der Waals surface area (Å²) < 4.78 is 6.45. The van der Waals surface area contributed by atoms with Crippen LogP contribution in [0.2, 0.25) is 16.6 Å². The zero-order valence-corrected chi connectivity index (χ0v) is 17.7. The Morgan fingerprint density at radius 1 is 0.870 bits per heavy atom. The summed E-state index contributed by atoms with van der Waals surface area (Å²) in [6.45, 7) is 19.6. The van der Waals surface area contributed by atoms with Crippen LogP contribution in [0.5, 0.6) is 0 Å². The molecule has 23 heavy (non-hydrogen) atoms.